The lowest BCUT2D eigenvalue weighted by Crippen LogP contribution is -2.16. The molecule has 0 radical (unpaired) electrons. The average molecular weight is 309 g/mol. The highest BCUT2D eigenvalue weighted by molar-refractivity contribution is 7.99. The predicted molar refractivity (Wildman–Crippen MR) is 82.8 cm³/mol. The molecule has 1 aliphatic rings. The number of rotatable bonds is 4. The summed E-state index contributed by atoms with van der Waals surface area (Å²) in [7, 11) is 2.00. The first-order chi connectivity index (χ1) is 9.67. The Bertz CT molecular complexity index is 626. The van der Waals surface area contributed by atoms with E-state index < -0.39 is 0 Å². The molecule has 0 amide bonds. The van der Waals surface area contributed by atoms with Crippen LogP contribution < -0.4 is 4.74 Å². The van der Waals surface area contributed by atoms with Crippen molar-refractivity contribution < 1.29 is 4.74 Å². The smallest absolute Gasteiger partial charge is 0.168 e. The van der Waals surface area contributed by atoms with Gasteiger partial charge in [0.25, 0.3) is 0 Å². The number of imidazole rings is 1. The van der Waals surface area contributed by atoms with Crippen LogP contribution in [0.3, 0.4) is 0 Å². The minimum Gasteiger partial charge on any atom is -0.489 e. The number of nitrogens with zero attached hydrogens (tertiary/aromatic N) is 2. The first-order valence-electron chi connectivity index (χ1n) is 6.63. The van der Waals surface area contributed by atoms with E-state index in [0.29, 0.717) is 5.88 Å². The highest BCUT2D eigenvalue weighted by Crippen LogP contribution is 2.32. The Hall–Kier alpha value is -1.13. The Morgan fingerprint density at radius 1 is 1.50 bits per heavy atom. The van der Waals surface area contributed by atoms with Gasteiger partial charge in [-0.25, -0.2) is 4.98 Å². The molecule has 1 aliphatic heterocycles. The fraction of sp³-hybridized carbons (Fsp3) is 0.400. The molecular weight excluding hydrogens is 292 g/mol. The summed E-state index contributed by atoms with van der Waals surface area (Å²) in [5.41, 5.74) is 3.65. The van der Waals surface area contributed by atoms with Crippen LogP contribution in [0, 0.1) is 6.92 Å². The Morgan fingerprint density at radius 2 is 2.35 bits per heavy atom. The fourth-order valence-corrected chi connectivity index (χ4v) is 3.60. The van der Waals surface area contributed by atoms with Crippen molar-refractivity contribution in [1.82, 2.24) is 9.55 Å². The molecule has 1 unspecified atom stereocenters. The zero-order valence-corrected chi connectivity index (χ0v) is 13.2. The van der Waals surface area contributed by atoms with Crippen molar-refractivity contribution in [2.75, 3.05) is 5.75 Å². The summed E-state index contributed by atoms with van der Waals surface area (Å²) in [4.78, 5) is 4.40. The summed E-state index contributed by atoms with van der Waals surface area (Å²) in [6, 6.07) is 6.38. The molecule has 1 atom stereocenters. The second kappa shape index (κ2) is 5.70. The Morgan fingerprint density at radius 3 is 3.10 bits per heavy atom. The SMILES string of the molecule is Cc1ccc2c(c1)CC(CSc1ncc(CCl)n1C)O2. The average Bonchev–Trinajstić information content (AvgIpc) is 2.99. The summed E-state index contributed by atoms with van der Waals surface area (Å²) < 4.78 is 8.02. The molecule has 1 aromatic heterocycles. The molecule has 0 saturated heterocycles. The molecule has 0 saturated carbocycles. The van der Waals surface area contributed by atoms with Crippen LogP contribution in [-0.4, -0.2) is 21.4 Å². The highest BCUT2D eigenvalue weighted by atomic mass is 35.5. The van der Waals surface area contributed by atoms with E-state index in [9.17, 15) is 0 Å². The number of ether oxygens (including phenoxy) is 1. The van der Waals surface area contributed by atoms with E-state index in [1.807, 2.05) is 17.8 Å². The minimum atomic E-state index is 0.230. The van der Waals surface area contributed by atoms with Gasteiger partial charge in [-0.15, -0.1) is 11.6 Å². The van der Waals surface area contributed by atoms with Crippen molar-refractivity contribution >= 4 is 23.4 Å². The van der Waals surface area contributed by atoms with Crippen molar-refractivity contribution in [2.24, 2.45) is 7.05 Å². The molecule has 20 heavy (non-hydrogen) atoms. The topological polar surface area (TPSA) is 27.1 Å². The van der Waals surface area contributed by atoms with E-state index in [0.717, 1.165) is 28.8 Å². The van der Waals surface area contributed by atoms with Gasteiger partial charge >= 0.3 is 0 Å². The van der Waals surface area contributed by atoms with E-state index in [-0.39, 0.29) is 6.10 Å². The number of hydrogen-bond donors (Lipinski definition) is 0. The van der Waals surface area contributed by atoms with E-state index in [2.05, 4.69) is 30.1 Å². The number of halogens is 1. The predicted octanol–water partition coefficient (Wildman–Crippen LogP) is 3.56. The summed E-state index contributed by atoms with van der Waals surface area (Å²) in [6.45, 7) is 2.12. The van der Waals surface area contributed by atoms with Crippen LogP contribution in [0.15, 0.2) is 29.6 Å². The van der Waals surface area contributed by atoms with Crippen LogP contribution in [0.1, 0.15) is 16.8 Å². The lowest BCUT2D eigenvalue weighted by Gasteiger charge is -2.10. The van der Waals surface area contributed by atoms with Gasteiger partial charge in [-0.3, -0.25) is 0 Å². The maximum absolute atomic E-state index is 5.97. The Kier molecular flexibility index (Phi) is 3.94. The maximum atomic E-state index is 5.97. The third-order valence-electron chi connectivity index (χ3n) is 3.53. The number of alkyl halides is 1. The first kappa shape index (κ1) is 13.8. The van der Waals surface area contributed by atoms with Crippen molar-refractivity contribution in [3.63, 3.8) is 0 Å². The van der Waals surface area contributed by atoms with E-state index in [1.165, 1.54) is 11.1 Å². The van der Waals surface area contributed by atoms with Crippen LogP contribution in [0.2, 0.25) is 0 Å². The molecule has 1 aromatic carbocycles. The fourth-order valence-electron chi connectivity index (χ4n) is 2.39. The van der Waals surface area contributed by atoms with Crippen molar-refractivity contribution in [3.05, 3.63) is 41.2 Å². The summed E-state index contributed by atoms with van der Waals surface area (Å²) in [6.07, 6.45) is 3.05. The quantitative estimate of drug-likeness (QED) is 0.638. The number of aromatic nitrogens is 2. The molecule has 2 aromatic rings. The molecule has 0 aliphatic carbocycles. The van der Waals surface area contributed by atoms with Gasteiger partial charge in [0.15, 0.2) is 5.16 Å². The van der Waals surface area contributed by atoms with Crippen LogP contribution >= 0.6 is 23.4 Å². The van der Waals surface area contributed by atoms with E-state index in [4.69, 9.17) is 16.3 Å². The molecule has 0 bridgehead atoms. The molecular formula is C15H17ClN2OS. The van der Waals surface area contributed by atoms with Gasteiger partial charge in [0, 0.05) is 19.2 Å². The molecule has 3 rings (SSSR count). The summed E-state index contributed by atoms with van der Waals surface area (Å²) in [5.74, 6) is 2.43. The van der Waals surface area contributed by atoms with Crippen molar-refractivity contribution in [3.8, 4) is 5.75 Å². The third kappa shape index (κ3) is 2.67. The monoisotopic (exact) mass is 308 g/mol. The molecule has 2 heterocycles. The highest BCUT2D eigenvalue weighted by Gasteiger charge is 2.23. The number of thioether (sulfide) groups is 1. The third-order valence-corrected chi connectivity index (χ3v) is 4.98. The Balaban J connectivity index is 1.62. The van der Waals surface area contributed by atoms with Crippen LogP contribution in [0.5, 0.6) is 5.75 Å². The van der Waals surface area contributed by atoms with E-state index >= 15 is 0 Å². The zero-order valence-electron chi connectivity index (χ0n) is 11.6. The first-order valence-corrected chi connectivity index (χ1v) is 8.15. The van der Waals surface area contributed by atoms with Gasteiger partial charge in [0.1, 0.15) is 11.9 Å². The lowest BCUT2D eigenvalue weighted by molar-refractivity contribution is 0.259. The van der Waals surface area contributed by atoms with Crippen LogP contribution in [0.4, 0.5) is 0 Å². The number of hydrogen-bond acceptors (Lipinski definition) is 3. The second-order valence-corrected chi connectivity index (χ2v) is 6.35. The largest absolute Gasteiger partial charge is 0.489 e. The second-order valence-electron chi connectivity index (χ2n) is 5.09. The molecule has 3 nitrogen and oxygen atoms in total. The van der Waals surface area contributed by atoms with Crippen molar-refractivity contribution in [1.29, 1.82) is 0 Å². The summed E-state index contributed by atoms with van der Waals surface area (Å²) in [5, 5.41) is 0.997. The van der Waals surface area contributed by atoms with Crippen LogP contribution in [-0.2, 0) is 19.3 Å². The molecule has 106 valence electrons. The normalized spacial score (nSPS) is 17.1. The molecule has 5 heteroatoms. The van der Waals surface area contributed by atoms with E-state index in [1.54, 1.807) is 11.8 Å². The van der Waals surface area contributed by atoms with Gasteiger partial charge < -0.3 is 9.30 Å². The molecule has 0 spiro atoms. The Labute approximate surface area is 128 Å². The van der Waals surface area contributed by atoms with Gasteiger partial charge in [-0.05, 0) is 18.6 Å². The summed E-state index contributed by atoms with van der Waals surface area (Å²) >= 11 is 7.58. The standard InChI is InChI=1S/C15H17ClN2OS/c1-10-3-4-14-11(5-10)6-13(19-14)9-20-15-17-8-12(7-16)18(15)2/h3-5,8,13H,6-7,9H2,1-2H3. The number of benzene rings is 1. The zero-order chi connectivity index (χ0) is 14.1. The molecule has 0 N–H and O–H groups in total. The minimum absolute atomic E-state index is 0.230. The maximum Gasteiger partial charge on any atom is 0.168 e. The van der Waals surface area contributed by atoms with Gasteiger partial charge in [0.2, 0.25) is 0 Å². The van der Waals surface area contributed by atoms with Gasteiger partial charge in [0.05, 0.1) is 17.8 Å². The lowest BCUT2D eigenvalue weighted by atomic mass is 10.1. The van der Waals surface area contributed by atoms with Crippen LogP contribution in [0.25, 0.3) is 0 Å². The van der Waals surface area contributed by atoms with Gasteiger partial charge in [-0.2, -0.15) is 0 Å². The number of fused-ring (bicyclic) bond motifs is 1. The molecule has 0 fully saturated rings. The van der Waals surface area contributed by atoms with Crippen molar-refractivity contribution in [2.45, 2.75) is 30.5 Å². The number of aryl methyl sites for hydroxylation is 1. The van der Waals surface area contributed by atoms with Gasteiger partial charge in [-0.1, -0.05) is 29.5 Å².